The van der Waals surface area contributed by atoms with E-state index in [4.69, 9.17) is 10.3 Å². The first-order chi connectivity index (χ1) is 16.4. The normalized spacial score (nSPS) is 12.6. The van der Waals surface area contributed by atoms with Crippen LogP contribution in [0.25, 0.3) is 0 Å². The lowest BCUT2D eigenvalue weighted by Gasteiger charge is -2.15. The van der Waals surface area contributed by atoms with Gasteiger partial charge in [-0.15, -0.1) is 0 Å². The summed E-state index contributed by atoms with van der Waals surface area (Å²) >= 11 is 0. The monoisotopic (exact) mass is 490 g/mol. The topological polar surface area (TPSA) is 127 Å². The van der Waals surface area contributed by atoms with Gasteiger partial charge in [0.25, 0.3) is 5.91 Å². The molecule has 12 heteroatoms. The molecule has 0 aliphatic carbocycles. The number of ketones is 1. The Balaban J connectivity index is 1.72. The molecule has 3 aromatic rings. The van der Waals surface area contributed by atoms with Crippen molar-refractivity contribution in [2.75, 3.05) is 25.1 Å². The van der Waals surface area contributed by atoms with Crippen molar-refractivity contribution in [3.05, 3.63) is 64.4 Å². The average Bonchev–Trinajstić information content (AvgIpc) is 3.26. The van der Waals surface area contributed by atoms with Gasteiger partial charge in [-0.3, -0.25) is 9.59 Å². The number of hydrogen-bond donors (Lipinski definition) is 2. The maximum atomic E-state index is 13.1. The molecule has 9 nitrogen and oxygen atoms in total. The molecule has 0 spiro atoms. The number of alkyl halides is 3. The van der Waals surface area contributed by atoms with Crippen LogP contribution < -0.4 is 11.1 Å². The zero-order chi connectivity index (χ0) is 25.9. The summed E-state index contributed by atoms with van der Waals surface area (Å²) in [6.45, 7) is 3.44. The molecule has 0 radical (unpaired) electrons. The smallest absolute Gasteiger partial charge is 0.383 e. The van der Waals surface area contributed by atoms with Gasteiger partial charge in [0.15, 0.2) is 5.78 Å². The van der Waals surface area contributed by atoms with Gasteiger partial charge < -0.3 is 20.5 Å². The number of benzene rings is 1. The van der Waals surface area contributed by atoms with Crippen LogP contribution in [0.3, 0.4) is 0 Å². The number of nitrogen functional groups attached to an aromatic ring is 1. The first-order valence-corrected chi connectivity index (χ1v) is 10.6. The number of Topliss-reactive ketones (excluding diaryl/α,β-unsaturated/α-hetero) is 1. The van der Waals surface area contributed by atoms with Gasteiger partial charge in [0.1, 0.15) is 17.8 Å². The van der Waals surface area contributed by atoms with Gasteiger partial charge >= 0.3 is 6.18 Å². The lowest BCUT2D eigenvalue weighted by molar-refractivity contribution is -0.138. The number of aryl methyl sites for hydroxylation is 1. The number of nitrogens with zero attached hydrogens (tertiary/aromatic N) is 4. The zero-order valence-corrected chi connectivity index (χ0v) is 19.6. The molecule has 0 unspecified atom stereocenters. The molecule has 35 heavy (non-hydrogen) atoms. The molecule has 2 aromatic heterocycles. The van der Waals surface area contributed by atoms with E-state index in [1.54, 1.807) is 6.92 Å². The van der Waals surface area contributed by atoms with Crippen LogP contribution in [0, 0.1) is 6.92 Å². The van der Waals surface area contributed by atoms with Crippen LogP contribution >= 0.6 is 0 Å². The number of amides is 1. The quantitative estimate of drug-likeness (QED) is 0.453. The van der Waals surface area contributed by atoms with Crippen molar-refractivity contribution in [3.63, 3.8) is 0 Å². The van der Waals surface area contributed by atoms with E-state index >= 15 is 0 Å². The summed E-state index contributed by atoms with van der Waals surface area (Å²) in [5, 5.41) is 6.22. The molecule has 2 heterocycles. The van der Waals surface area contributed by atoms with E-state index in [1.807, 2.05) is 19.0 Å². The summed E-state index contributed by atoms with van der Waals surface area (Å²) in [5.41, 5.74) is 6.14. The van der Waals surface area contributed by atoms with Gasteiger partial charge in [0.05, 0.1) is 11.3 Å². The van der Waals surface area contributed by atoms with Gasteiger partial charge in [-0.25, -0.2) is 9.97 Å². The van der Waals surface area contributed by atoms with E-state index in [1.165, 1.54) is 31.5 Å². The number of carbonyl (C=O) groups is 2. The van der Waals surface area contributed by atoms with Gasteiger partial charge in [-0.1, -0.05) is 18.1 Å². The standard InChI is InChI=1S/C23H25F3N6O3/c1-12-5-6-14(8-16(12)23(24,25)26)30-22(34)19-9-17(31-35-19)13(2)7-18(33)20-15(10-32(3)4)21(27)29-11-28-20/h5-6,8-9,11,13H,7,10H2,1-4H3,(H,30,34)(H2,27,28,29)/t13-/m0/s1. The second-order valence-electron chi connectivity index (χ2n) is 8.45. The lowest BCUT2D eigenvalue weighted by atomic mass is 9.97. The zero-order valence-electron chi connectivity index (χ0n) is 19.6. The molecule has 0 aliphatic heterocycles. The molecule has 1 atom stereocenters. The number of halogens is 3. The van der Waals surface area contributed by atoms with Gasteiger partial charge in [-0.05, 0) is 38.7 Å². The Morgan fingerprint density at radius 2 is 1.91 bits per heavy atom. The second-order valence-corrected chi connectivity index (χ2v) is 8.45. The summed E-state index contributed by atoms with van der Waals surface area (Å²) in [6.07, 6.45) is -3.31. The minimum atomic E-state index is -4.55. The molecule has 0 bridgehead atoms. The van der Waals surface area contributed by atoms with Crippen molar-refractivity contribution in [1.29, 1.82) is 0 Å². The van der Waals surface area contributed by atoms with E-state index in [9.17, 15) is 22.8 Å². The van der Waals surface area contributed by atoms with Gasteiger partial charge in [0, 0.05) is 36.2 Å². The van der Waals surface area contributed by atoms with Crippen molar-refractivity contribution < 1.29 is 27.3 Å². The van der Waals surface area contributed by atoms with Crippen LogP contribution in [-0.4, -0.2) is 45.8 Å². The van der Waals surface area contributed by atoms with Crippen LogP contribution in [0.15, 0.2) is 35.1 Å². The Morgan fingerprint density at radius 3 is 2.57 bits per heavy atom. The minimum absolute atomic E-state index is 0.0113. The molecule has 1 aromatic carbocycles. The van der Waals surface area contributed by atoms with E-state index < -0.39 is 23.6 Å². The predicted molar refractivity (Wildman–Crippen MR) is 122 cm³/mol. The van der Waals surface area contributed by atoms with Crippen LogP contribution in [0.4, 0.5) is 24.7 Å². The number of hydrogen-bond acceptors (Lipinski definition) is 8. The summed E-state index contributed by atoms with van der Waals surface area (Å²) < 4.78 is 44.5. The first-order valence-electron chi connectivity index (χ1n) is 10.6. The molecule has 1 amide bonds. The Kier molecular flexibility index (Phi) is 7.54. The summed E-state index contributed by atoms with van der Waals surface area (Å²) in [6, 6.07) is 4.83. The number of anilines is 2. The third kappa shape index (κ3) is 6.21. The van der Waals surface area contributed by atoms with Crippen molar-refractivity contribution in [1.82, 2.24) is 20.0 Å². The highest BCUT2D eigenvalue weighted by molar-refractivity contribution is 6.02. The van der Waals surface area contributed by atoms with Crippen molar-refractivity contribution in [2.24, 2.45) is 0 Å². The highest BCUT2D eigenvalue weighted by atomic mass is 19.4. The Labute approximate surface area is 199 Å². The second kappa shape index (κ2) is 10.2. The largest absolute Gasteiger partial charge is 0.416 e. The number of carbonyl (C=O) groups excluding carboxylic acids is 2. The highest BCUT2D eigenvalue weighted by Gasteiger charge is 2.32. The van der Waals surface area contributed by atoms with Crippen LogP contribution in [0.1, 0.15) is 62.7 Å². The van der Waals surface area contributed by atoms with Crippen LogP contribution in [-0.2, 0) is 12.7 Å². The number of nitrogens with two attached hydrogens (primary N) is 1. The van der Waals surface area contributed by atoms with Gasteiger partial charge in [-0.2, -0.15) is 13.2 Å². The summed E-state index contributed by atoms with van der Waals surface area (Å²) in [5.74, 6) is -1.47. The Morgan fingerprint density at radius 1 is 1.20 bits per heavy atom. The van der Waals surface area contributed by atoms with E-state index in [-0.39, 0.29) is 40.7 Å². The Hall–Kier alpha value is -3.80. The molecule has 0 aliphatic rings. The molecule has 3 N–H and O–H groups in total. The summed E-state index contributed by atoms with van der Waals surface area (Å²) in [4.78, 5) is 35.3. The fourth-order valence-corrected chi connectivity index (χ4v) is 3.44. The van der Waals surface area contributed by atoms with Crippen molar-refractivity contribution >= 4 is 23.2 Å². The SMILES string of the molecule is Cc1ccc(NC(=O)c2cc([C@@H](C)CC(=O)c3ncnc(N)c3CN(C)C)no2)cc1C(F)(F)F. The average molecular weight is 490 g/mol. The molecular formula is C23H25F3N6O3. The molecule has 3 rings (SSSR count). The minimum Gasteiger partial charge on any atom is -0.383 e. The predicted octanol–water partition coefficient (Wildman–Crippen LogP) is 4.06. The molecule has 0 fully saturated rings. The van der Waals surface area contributed by atoms with E-state index in [0.717, 1.165) is 6.07 Å². The molecule has 186 valence electrons. The molecule has 0 saturated carbocycles. The highest BCUT2D eigenvalue weighted by Crippen LogP contribution is 2.33. The van der Waals surface area contributed by atoms with Gasteiger partial charge in [0.2, 0.25) is 5.76 Å². The lowest BCUT2D eigenvalue weighted by Crippen LogP contribution is -2.19. The number of rotatable bonds is 8. The third-order valence-corrected chi connectivity index (χ3v) is 5.27. The van der Waals surface area contributed by atoms with Crippen molar-refractivity contribution in [3.8, 4) is 0 Å². The summed E-state index contributed by atoms with van der Waals surface area (Å²) in [7, 11) is 3.65. The van der Waals surface area contributed by atoms with E-state index in [2.05, 4.69) is 20.4 Å². The molecular weight excluding hydrogens is 465 g/mol. The fourth-order valence-electron chi connectivity index (χ4n) is 3.44. The molecule has 0 saturated heterocycles. The fraction of sp³-hybridized carbons (Fsp3) is 0.348. The number of aromatic nitrogens is 3. The number of nitrogens with one attached hydrogen (secondary N) is 1. The van der Waals surface area contributed by atoms with Crippen LogP contribution in [0.5, 0.6) is 0 Å². The third-order valence-electron chi connectivity index (χ3n) is 5.27. The first kappa shape index (κ1) is 25.8. The maximum absolute atomic E-state index is 13.1. The maximum Gasteiger partial charge on any atom is 0.416 e. The Bertz CT molecular complexity index is 1240. The van der Waals surface area contributed by atoms with Crippen molar-refractivity contribution in [2.45, 2.75) is 38.9 Å². The van der Waals surface area contributed by atoms with Crippen LogP contribution in [0.2, 0.25) is 0 Å². The van der Waals surface area contributed by atoms with E-state index in [0.29, 0.717) is 17.8 Å².